The summed E-state index contributed by atoms with van der Waals surface area (Å²) in [6.07, 6.45) is 2.58. The summed E-state index contributed by atoms with van der Waals surface area (Å²) in [5, 5.41) is 4.18. The maximum absolute atomic E-state index is 12.5. The summed E-state index contributed by atoms with van der Waals surface area (Å²) < 4.78 is 5.41. The number of anilines is 1. The quantitative estimate of drug-likeness (QED) is 0.850. The maximum Gasteiger partial charge on any atom is 0.265 e. The van der Waals surface area contributed by atoms with Gasteiger partial charge < -0.3 is 15.0 Å². The van der Waals surface area contributed by atoms with E-state index in [1.54, 1.807) is 18.3 Å². The van der Waals surface area contributed by atoms with Gasteiger partial charge in [-0.25, -0.2) is 15.0 Å². The fourth-order valence-electron chi connectivity index (χ4n) is 2.82. The van der Waals surface area contributed by atoms with E-state index in [-0.39, 0.29) is 5.91 Å². The Morgan fingerprint density at radius 3 is 2.96 bits per heavy atom. The number of nitrogens with one attached hydrogen (secondary N) is 1. The van der Waals surface area contributed by atoms with Gasteiger partial charge in [-0.05, 0) is 20.3 Å². The number of hydrogen-bond acceptors (Lipinski definition) is 7. The minimum Gasteiger partial charge on any atom is -0.381 e. The van der Waals surface area contributed by atoms with Crippen molar-refractivity contribution >= 4 is 23.1 Å². The minimum absolute atomic E-state index is 0.0105. The highest BCUT2D eigenvalue weighted by atomic mass is 32.1. The van der Waals surface area contributed by atoms with Gasteiger partial charge in [0, 0.05) is 38.7 Å². The summed E-state index contributed by atoms with van der Waals surface area (Å²) in [7, 11) is 1.81. The van der Waals surface area contributed by atoms with E-state index in [0.717, 1.165) is 41.8 Å². The Hall–Kier alpha value is -2.06. The van der Waals surface area contributed by atoms with Crippen molar-refractivity contribution in [2.75, 3.05) is 38.7 Å². The average Bonchev–Trinajstić information content (AvgIpc) is 3.24. The van der Waals surface area contributed by atoms with Gasteiger partial charge in [0.15, 0.2) is 0 Å². The molecule has 0 radical (unpaired) electrons. The standard InChI is InChI=1S/C17H23N5O2S/c1-11-16(25-12(2)21-11)17(23)22(3)6-5-18-15-8-14(19-10-20-15)13-4-7-24-9-13/h8,10,13H,4-7,9H2,1-3H3,(H,18,19,20)/t13-/m1/s1. The van der Waals surface area contributed by atoms with E-state index in [1.807, 2.05) is 19.9 Å². The molecule has 0 unspecified atom stereocenters. The molecule has 8 heteroatoms. The minimum atomic E-state index is 0.0105. The molecule has 0 aromatic carbocycles. The number of nitrogens with zero attached hydrogens (tertiary/aromatic N) is 4. The lowest BCUT2D eigenvalue weighted by Crippen LogP contribution is -2.31. The normalized spacial score (nSPS) is 16.8. The number of rotatable bonds is 6. The van der Waals surface area contributed by atoms with Crippen molar-refractivity contribution in [1.82, 2.24) is 19.9 Å². The van der Waals surface area contributed by atoms with Crippen molar-refractivity contribution in [3.63, 3.8) is 0 Å². The van der Waals surface area contributed by atoms with Gasteiger partial charge in [0.1, 0.15) is 17.0 Å². The number of aryl methyl sites for hydroxylation is 2. The molecule has 7 nitrogen and oxygen atoms in total. The van der Waals surface area contributed by atoms with Crippen LogP contribution in [0.3, 0.4) is 0 Å². The summed E-state index contributed by atoms with van der Waals surface area (Å²) in [5.41, 5.74) is 1.81. The SMILES string of the molecule is Cc1nc(C)c(C(=O)N(C)CCNc2cc([C@@H]3CCOC3)ncn2)s1. The van der Waals surface area contributed by atoms with Gasteiger partial charge in [-0.1, -0.05) is 0 Å². The number of carbonyl (C=O) groups is 1. The van der Waals surface area contributed by atoms with Crippen molar-refractivity contribution in [3.8, 4) is 0 Å². The molecule has 25 heavy (non-hydrogen) atoms. The number of ether oxygens (including phenoxy) is 1. The second-order valence-corrected chi connectivity index (χ2v) is 7.39. The van der Waals surface area contributed by atoms with Crippen molar-refractivity contribution in [2.24, 2.45) is 0 Å². The number of carbonyl (C=O) groups excluding carboxylic acids is 1. The van der Waals surface area contributed by atoms with Crippen LogP contribution >= 0.6 is 11.3 Å². The Morgan fingerprint density at radius 2 is 2.28 bits per heavy atom. The van der Waals surface area contributed by atoms with Crippen molar-refractivity contribution in [1.29, 1.82) is 0 Å². The second-order valence-electron chi connectivity index (χ2n) is 6.19. The lowest BCUT2D eigenvalue weighted by Gasteiger charge is -2.17. The molecular weight excluding hydrogens is 338 g/mol. The van der Waals surface area contributed by atoms with E-state index in [2.05, 4.69) is 20.3 Å². The molecule has 0 bridgehead atoms. The van der Waals surface area contributed by atoms with Gasteiger partial charge in [0.25, 0.3) is 5.91 Å². The lowest BCUT2D eigenvalue weighted by atomic mass is 10.1. The highest BCUT2D eigenvalue weighted by Crippen LogP contribution is 2.24. The monoisotopic (exact) mass is 361 g/mol. The molecule has 2 aromatic rings. The molecule has 1 atom stereocenters. The van der Waals surface area contributed by atoms with Crippen molar-refractivity contribution in [3.05, 3.63) is 33.7 Å². The number of amides is 1. The Labute approximate surface area is 151 Å². The third-order valence-electron chi connectivity index (χ3n) is 4.23. The van der Waals surface area contributed by atoms with Crippen molar-refractivity contribution < 1.29 is 9.53 Å². The van der Waals surface area contributed by atoms with Crippen LogP contribution in [0.4, 0.5) is 5.82 Å². The molecule has 0 saturated carbocycles. The van der Waals surface area contributed by atoms with Crippen LogP contribution in [0.25, 0.3) is 0 Å². The average molecular weight is 361 g/mol. The van der Waals surface area contributed by atoms with Crippen molar-refractivity contribution in [2.45, 2.75) is 26.2 Å². The zero-order valence-electron chi connectivity index (χ0n) is 14.8. The molecule has 1 fully saturated rings. The van der Waals surface area contributed by atoms with E-state index < -0.39 is 0 Å². The van der Waals surface area contributed by atoms with E-state index in [1.165, 1.54) is 11.3 Å². The van der Waals surface area contributed by atoms with Gasteiger partial charge in [-0.2, -0.15) is 0 Å². The van der Waals surface area contributed by atoms with Crippen LogP contribution in [0.5, 0.6) is 0 Å². The molecule has 1 N–H and O–H groups in total. The number of aromatic nitrogens is 3. The fourth-order valence-corrected chi connectivity index (χ4v) is 3.73. The molecule has 0 aliphatic carbocycles. The molecule has 3 rings (SSSR count). The fraction of sp³-hybridized carbons (Fsp3) is 0.529. The molecular formula is C17H23N5O2S. The summed E-state index contributed by atoms with van der Waals surface area (Å²) in [6.45, 7) is 6.51. The van der Waals surface area contributed by atoms with Gasteiger partial charge in [0.05, 0.1) is 23.0 Å². The summed E-state index contributed by atoms with van der Waals surface area (Å²) in [5.74, 6) is 1.14. The van der Waals surface area contributed by atoms with Crippen LogP contribution in [0.2, 0.25) is 0 Å². The Morgan fingerprint density at radius 1 is 1.44 bits per heavy atom. The van der Waals surface area contributed by atoms with Gasteiger partial charge in [-0.15, -0.1) is 11.3 Å². The van der Waals surface area contributed by atoms with E-state index in [4.69, 9.17) is 4.74 Å². The van der Waals surface area contributed by atoms with Gasteiger partial charge >= 0.3 is 0 Å². The van der Waals surface area contributed by atoms with Crippen LogP contribution in [-0.4, -0.2) is 59.1 Å². The Balaban J connectivity index is 1.53. The molecule has 1 saturated heterocycles. The topological polar surface area (TPSA) is 80.2 Å². The third-order valence-corrected chi connectivity index (χ3v) is 5.29. The summed E-state index contributed by atoms with van der Waals surface area (Å²) in [6, 6.07) is 1.97. The van der Waals surface area contributed by atoms with Gasteiger partial charge in [0.2, 0.25) is 0 Å². The van der Waals surface area contributed by atoms with Crippen LogP contribution in [0.15, 0.2) is 12.4 Å². The lowest BCUT2D eigenvalue weighted by molar-refractivity contribution is 0.0804. The first-order valence-electron chi connectivity index (χ1n) is 8.37. The van der Waals surface area contributed by atoms with Crippen LogP contribution in [0.1, 0.15) is 38.4 Å². The number of thiazole rings is 1. The third kappa shape index (κ3) is 4.32. The smallest absolute Gasteiger partial charge is 0.265 e. The summed E-state index contributed by atoms with van der Waals surface area (Å²) >= 11 is 1.44. The predicted octanol–water partition coefficient (Wildman–Crippen LogP) is 2.24. The van der Waals surface area contributed by atoms with E-state index >= 15 is 0 Å². The van der Waals surface area contributed by atoms with E-state index in [9.17, 15) is 4.79 Å². The number of hydrogen-bond donors (Lipinski definition) is 1. The van der Waals surface area contributed by atoms with Crippen LogP contribution in [-0.2, 0) is 4.74 Å². The number of likely N-dealkylation sites (N-methyl/N-ethyl adjacent to an activating group) is 1. The zero-order valence-corrected chi connectivity index (χ0v) is 15.6. The molecule has 1 amide bonds. The second kappa shape index (κ2) is 7.88. The van der Waals surface area contributed by atoms with Gasteiger partial charge in [-0.3, -0.25) is 4.79 Å². The van der Waals surface area contributed by atoms with Crippen LogP contribution in [0, 0.1) is 13.8 Å². The predicted molar refractivity (Wildman–Crippen MR) is 97.2 cm³/mol. The largest absolute Gasteiger partial charge is 0.381 e. The Bertz CT molecular complexity index is 742. The first-order valence-corrected chi connectivity index (χ1v) is 9.19. The molecule has 0 spiro atoms. The first kappa shape index (κ1) is 17.8. The van der Waals surface area contributed by atoms with Crippen LogP contribution < -0.4 is 5.32 Å². The summed E-state index contributed by atoms with van der Waals surface area (Å²) in [4.78, 5) is 27.8. The highest BCUT2D eigenvalue weighted by molar-refractivity contribution is 7.13. The molecule has 3 heterocycles. The zero-order chi connectivity index (χ0) is 17.8. The maximum atomic E-state index is 12.5. The molecule has 2 aromatic heterocycles. The highest BCUT2D eigenvalue weighted by Gasteiger charge is 2.20. The van der Waals surface area contributed by atoms with E-state index in [0.29, 0.717) is 23.9 Å². The Kier molecular flexibility index (Phi) is 5.60. The molecule has 1 aliphatic heterocycles. The molecule has 134 valence electrons. The molecule has 1 aliphatic rings. The first-order chi connectivity index (χ1) is 12.0.